The van der Waals surface area contributed by atoms with E-state index in [-0.39, 0.29) is 5.69 Å². The zero-order valence-electron chi connectivity index (χ0n) is 13.0. The van der Waals surface area contributed by atoms with Gasteiger partial charge < -0.3 is 14.8 Å². The van der Waals surface area contributed by atoms with Gasteiger partial charge in [-0.25, -0.2) is 4.79 Å². The summed E-state index contributed by atoms with van der Waals surface area (Å²) in [5.41, 5.74) is 3.09. The highest BCUT2D eigenvalue weighted by atomic mass is 16.5. The molecule has 0 amide bonds. The molecule has 118 valence electrons. The first-order chi connectivity index (χ1) is 11.2. The van der Waals surface area contributed by atoms with E-state index in [2.05, 4.69) is 4.98 Å². The van der Waals surface area contributed by atoms with Gasteiger partial charge in [0.2, 0.25) is 0 Å². The van der Waals surface area contributed by atoms with Crippen molar-refractivity contribution in [3.05, 3.63) is 65.4 Å². The molecule has 4 heteroatoms. The lowest BCUT2D eigenvalue weighted by atomic mass is 10.1. The smallest absolute Gasteiger partial charge is 0.352 e. The van der Waals surface area contributed by atoms with Gasteiger partial charge >= 0.3 is 5.97 Å². The molecule has 0 saturated heterocycles. The van der Waals surface area contributed by atoms with Gasteiger partial charge in [-0.05, 0) is 43.0 Å². The van der Waals surface area contributed by atoms with Gasteiger partial charge in [0, 0.05) is 10.9 Å². The van der Waals surface area contributed by atoms with Gasteiger partial charge in [-0.15, -0.1) is 0 Å². The molecule has 23 heavy (non-hydrogen) atoms. The van der Waals surface area contributed by atoms with Crippen LogP contribution in [-0.4, -0.2) is 22.7 Å². The number of carboxylic acid groups (broad SMARTS) is 1. The van der Waals surface area contributed by atoms with E-state index in [0.717, 1.165) is 34.2 Å². The van der Waals surface area contributed by atoms with Crippen LogP contribution in [0.4, 0.5) is 0 Å². The lowest BCUT2D eigenvalue weighted by molar-refractivity contribution is 0.0690. The number of aryl methyl sites for hydroxylation is 2. The predicted octanol–water partition coefficient (Wildman–Crippen LogP) is 4.19. The molecule has 0 saturated carbocycles. The van der Waals surface area contributed by atoms with Crippen LogP contribution in [0.25, 0.3) is 10.9 Å². The standard InChI is InChI=1S/C19H19NO3/c1-13-7-2-5-11-17(13)23-12-6-9-15-14-8-3-4-10-16(14)20-18(15)19(21)22/h2-5,7-8,10-11,20H,6,9,12H2,1H3,(H,21,22). The van der Waals surface area contributed by atoms with E-state index in [9.17, 15) is 9.90 Å². The van der Waals surface area contributed by atoms with Crippen LogP contribution in [0, 0.1) is 6.92 Å². The number of benzene rings is 2. The lowest BCUT2D eigenvalue weighted by Crippen LogP contribution is -2.04. The molecule has 2 aromatic carbocycles. The Morgan fingerprint density at radius 2 is 1.87 bits per heavy atom. The average Bonchev–Trinajstić information content (AvgIpc) is 2.92. The van der Waals surface area contributed by atoms with Crippen molar-refractivity contribution in [2.45, 2.75) is 19.8 Å². The number of carbonyl (C=O) groups is 1. The Morgan fingerprint density at radius 1 is 1.13 bits per heavy atom. The van der Waals surface area contributed by atoms with Crippen molar-refractivity contribution in [3.63, 3.8) is 0 Å². The second-order valence-corrected chi connectivity index (χ2v) is 5.55. The van der Waals surface area contributed by atoms with Crippen LogP contribution in [0.3, 0.4) is 0 Å². The van der Waals surface area contributed by atoms with Crippen LogP contribution < -0.4 is 4.74 Å². The number of nitrogens with one attached hydrogen (secondary N) is 1. The molecule has 4 nitrogen and oxygen atoms in total. The van der Waals surface area contributed by atoms with Gasteiger partial charge in [0.25, 0.3) is 0 Å². The van der Waals surface area contributed by atoms with Gasteiger partial charge in [-0.1, -0.05) is 36.4 Å². The SMILES string of the molecule is Cc1ccccc1OCCCc1c(C(=O)O)[nH]c2ccccc12. The maximum atomic E-state index is 11.4. The summed E-state index contributed by atoms with van der Waals surface area (Å²) >= 11 is 0. The van der Waals surface area contributed by atoms with E-state index in [1.165, 1.54) is 0 Å². The van der Waals surface area contributed by atoms with Crippen LogP contribution in [0.5, 0.6) is 5.75 Å². The molecule has 0 atom stereocenters. The van der Waals surface area contributed by atoms with Crippen LogP contribution >= 0.6 is 0 Å². The van der Waals surface area contributed by atoms with Crippen molar-refractivity contribution >= 4 is 16.9 Å². The zero-order chi connectivity index (χ0) is 16.2. The number of rotatable bonds is 6. The number of aromatic carboxylic acids is 1. The molecule has 0 aliphatic rings. The fourth-order valence-corrected chi connectivity index (χ4v) is 2.79. The summed E-state index contributed by atoms with van der Waals surface area (Å²) in [6.07, 6.45) is 1.42. The van der Waals surface area contributed by atoms with E-state index in [1.807, 2.05) is 55.5 Å². The highest BCUT2D eigenvalue weighted by Crippen LogP contribution is 2.24. The van der Waals surface area contributed by atoms with Crippen LogP contribution in [0.2, 0.25) is 0 Å². The van der Waals surface area contributed by atoms with E-state index < -0.39 is 5.97 Å². The summed E-state index contributed by atoms with van der Waals surface area (Å²) in [6.45, 7) is 2.57. The third kappa shape index (κ3) is 3.21. The van der Waals surface area contributed by atoms with Crippen LogP contribution in [-0.2, 0) is 6.42 Å². The van der Waals surface area contributed by atoms with Gasteiger partial charge in [-0.2, -0.15) is 0 Å². The molecule has 1 aromatic heterocycles. The number of carboxylic acids is 1. The number of hydrogen-bond acceptors (Lipinski definition) is 2. The van der Waals surface area contributed by atoms with Crippen LogP contribution in [0.1, 0.15) is 28.0 Å². The number of H-pyrrole nitrogens is 1. The molecular weight excluding hydrogens is 290 g/mol. The Balaban J connectivity index is 1.71. The Labute approximate surface area is 134 Å². The number of hydrogen-bond donors (Lipinski definition) is 2. The molecule has 3 aromatic rings. The molecule has 0 radical (unpaired) electrons. The summed E-state index contributed by atoms with van der Waals surface area (Å²) < 4.78 is 5.79. The normalized spacial score (nSPS) is 10.8. The summed E-state index contributed by atoms with van der Waals surface area (Å²) in [7, 11) is 0. The number of aromatic amines is 1. The first kappa shape index (κ1) is 15.2. The molecule has 1 heterocycles. The number of aromatic nitrogens is 1. The zero-order valence-corrected chi connectivity index (χ0v) is 13.0. The first-order valence-corrected chi connectivity index (χ1v) is 7.68. The molecule has 0 spiro atoms. The summed E-state index contributed by atoms with van der Waals surface area (Å²) in [5, 5.41) is 10.3. The van der Waals surface area contributed by atoms with Gasteiger partial charge in [0.1, 0.15) is 11.4 Å². The third-order valence-corrected chi connectivity index (χ3v) is 3.95. The predicted molar refractivity (Wildman–Crippen MR) is 90.3 cm³/mol. The fraction of sp³-hybridized carbons (Fsp3) is 0.211. The highest BCUT2D eigenvalue weighted by Gasteiger charge is 2.16. The minimum Gasteiger partial charge on any atom is -0.493 e. The molecule has 0 unspecified atom stereocenters. The van der Waals surface area contributed by atoms with E-state index in [1.54, 1.807) is 0 Å². The minimum atomic E-state index is -0.920. The molecule has 0 fully saturated rings. The van der Waals surface area contributed by atoms with Crippen LogP contribution in [0.15, 0.2) is 48.5 Å². The van der Waals surface area contributed by atoms with Gasteiger partial charge in [-0.3, -0.25) is 0 Å². The number of ether oxygens (including phenoxy) is 1. The number of para-hydroxylation sites is 2. The molecule has 0 bridgehead atoms. The second-order valence-electron chi connectivity index (χ2n) is 5.55. The van der Waals surface area contributed by atoms with E-state index >= 15 is 0 Å². The Kier molecular flexibility index (Phi) is 4.33. The Morgan fingerprint density at radius 3 is 2.65 bits per heavy atom. The monoisotopic (exact) mass is 309 g/mol. The van der Waals surface area contributed by atoms with Crippen molar-refractivity contribution in [2.75, 3.05) is 6.61 Å². The van der Waals surface area contributed by atoms with Crippen molar-refractivity contribution in [1.29, 1.82) is 0 Å². The lowest BCUT2D eigenvalue weighted by Gasteiger charge is -2.08. The largest absolute Gasteiger partial charge is 0.493 e. The fourth-order valence-electron chi connectivity index (χ4n) is 2.79. The maximum absolute atomic E-state index is 11.4. The highest BCUT2D eigenvalue weighted by molar-refractivity contribution is 5.97. The quantitative estimate of drug-likeness (QED) is 0.671. The Hall–Kier alpha value is -2.75. The molecule has 0 aliphatic carbocycles. The van der Waals surface area contributed by atoms with Crippen molar-refractivity contribution in [2.24, 2.45) is 0 Å². The minimum absolute atomic E-state index is 0.280. The van der Waals surface area contributed by atoms with Gasteiger partial charge in [0.05, 0.1) is 6.61 Å². The summed E-state index contributed by atoms with van der Waals surface area (Å²) in [5.74, 6) is -0.0408. The Bertz CT molecular complexity index is 836. The number of fused-ring (bicyclic) bond motifs is 1. The van der Waals surface area contributed by atoms with Gasteiger partial charge in [0.15, 0.2) is 0 Å². The third-order valence-electron chi connectivity index (χ3n) is 3.95. The molecular formula is C19H19NO3. The van der Waals surface area contributed by atoms with Crippen molar-refractivity contribution in [3.8, 4) is 5.75 Å². The maximum Gasteiger partial charge on any atom is 0.352 e. The second kappa shape index (κ2) is 6.57. The molecule has 2 N–H and O–H groups in total. The molecule has 0 aliphatic heterocycles. The summed E-state index contributed by atoms with van der Waals surface area (Å²) in [6, 6.07) is 15.6. The first-order valence-electron chi connectivity index (χ1n) is 7.68. The summed E-state index contributed by atoms with van der Waals surface area (Å²) in [4.78, 5) is 14.4. The molecule has 3 rings (SSSR count). The van der Waals surface area contributed by atoms with E-state index in [4.69, 9.17) is 4.74 Å². The van der Waals surface area contributed by atoms with Crippen molar-refractivity contribution in [1.82, 2.24) is 4.98 Å². The average molecular weight is 309 g/mol. The van der Waals surface area contributed by atoms with Crippen molar-refractivity contribution < 1.29 is 14.6 Å². The topological polar surface area (TPSA) is 62.3 Å². The van der Waals surface area contributed by atoms with E-state index in [0.29, 0.717) is 13.0 Å².